The number of rotatable bonds is 1. The summed E-state index contributed by atoms with van der Waals surface area (Å²) in [5, 5.41) is 8.83. The smallest absolute Gasteiger partial charge is 0.218 e. The first-order valence-corrected chi connectivity index (χ1v) is 4.98. The molecule has 0 aromatic carbocycles. The molecule has 0 atom stereocenters. The van der Waals surface area contributed by atoms with E-state index in [1.54, 1.807) is 10.6 Å². The zero-order chi connectivity index (χ0) is 10.1. The van der Waals surface area contributed by atoms with E-state index in [2.05, 4.69) is 25.9 Å². The molecule has 0 fully saturated rings. The predicted octanol–water partition coefficient (Wildman–Crippen LogP) is 1.93. The van der Waals surface area contributed by atoms with Gasteiger partial charge in [-0.3, -0.25) is 4.40 Å². The Balaban J connectivity index is 2.83. The number of nitriles is 1. The van der Waals surface area contributed by atoms with Crippen LogP contribution in [-0.2, 0) is 6.42 Å². The van der Waals surface area contributed by atoms with Crippen molar-refractivity contribution in [3.63, 3.8) is 0 Å². The first-order valence-electron chi connectivity index (χ1n) is 4.19. The van der Waals surface area contributed by atoms with E-state index < -0.39 is 0 Å². The molecule has 0 N–H and O–H groups in total. The van der Waals surface area contributed by atoms with Crippen LogP contribution in [0.25, 0.3) is 5.65 Å². The molecule has 0 radical (unpaired) electrons. The first kappa shape index (κ1) is 9.16. The third-order valence-corrected chi connectivity index (χ3v) is 2.52. The molecule has 2 heterocycles. The number of halogens is 1. The van der Waals surface area contributed by atoms with Gasteiger partial charge in [0.25, 0.3) is 0 Å². The Morgan fingerprint density at radius 2 is 2.43 bits per heavy atom. The molecule has 0 amide bonds. The lowest BCUT2D eigenvalue weighted by Gasteiger charge is -1.96. The van der Waals surface area contributed by atoms with Crippen LogP contribution < -0.4 is 0 Å². The summed E-state index contributed by atoms with van der Waals surface area (Å²) in [5.74, 6) is 0.357. The molecule has 2 aromatic heterocycles. The van der Waals surface area contributed by atoms with E-state index in [0.717, 1.165) is 22.2 Å². The fraction of sp³-hybridized carbons (Fsp3) is 0.222. The third kappa shape index (κ3) is 1.28. The standard InChI is InChI=1S/C9H7BrN4/c1-2-6-5-14-8(3-11)12-4-7(10)9(14)13-6/h4-5H,2H2,1H3. The molecule has 14 heavy (non-hydrogen) atoms. The number of nitrogens with zero attached hydrogens (tertiary/aromatic N) is 4. The van der Waals surface area contributed by atoms with Crippen LogP contribution in [0.15, 0.2) is 16.9 Å². The summed E-state index contributed by atoms with van der Waals surface area (Å²) in [4.78, 5) is 8.35. The highest BCUT2D eigenvalue weighted by Gasteiger charge is 2.08. The second kappa shape index (κ2) is 3.39. The van der Waals surface area contributed by atoms with Gasteiger partial charge >= 0.3 is 0 Å². The predicted molar refractivity (Wildman–Crippen MR) is 54.8 cm³/mol. The Labute approximate surface area is 89.3 Å². The van der Waals surface area contributed by atoms with Crippen molar-refractivity contribution in [1.29, 1.82) is 5.26 Å². The number of imidazole rings is 1. The second-order valence-corrected chi connectivity index (χ2v) is 3.68. The molecule has 70 valence electrons. The van der Waals surface area contributed by atoms with Crippen LogP contribution in [0.1, 0.15) is 18.4 Å². The highest BCUT2D eigenvalue weighted by molar-refractivity contribution is 9.10. The van der Waals surface area contributed by atoms with Crippen LogP contribution in [0.2, 0.25) is 0 Å². The molecule has 2 rings (SSSR count). The Morgan fingerprint density at radius 3 is 3.07 bits per heavy atom. The topological polar surface area (TPSA) is 54.0 Å². The van der Waals surface area contributed by atoms with Gasteiger partial charge in [-0.05, 0) is 22.4 Å². The van der Waals surface area contributed by atoms with Crippen molar-refractivity contribution in [2.24, 2.45) is 0 Å². The van der Waals surface area contributed by atoms with Crippen LogP contribution in [0.4, 0.5) is 0 Å². The monoisotopic (exact) mass is 250 g/mol. The van der Waals surface area contributed by atoms with Crippen molar-refractivity contribution in [1.82, 2.24) is 14.4 Å². The molecule has 0 aliphatic heterocycles. The number of fused-ring (bicyclic) bond motifs is 1. The van der Waals surface area contributed by atoms with Gasteiger partial charge in [-0.25, -0.2) is 9.97 Å². The molecular weight excluding hydrogens is 244 g/mol. The summed E-state index contributed by atoms with van der Waals surface area (Å²) in [6.45, 7) is 2.02. The second-order valence-electron chi connectivity index (χ2n) is 2.82. The third-order valence-electron chi connectivity index (χ3n) is 1.96. The maximum Gasteiger partial charge on any atom is 0.218 e. The van der Waals surface area contributed by atoms with Gasteiger partial charge in [0.1, 0.15) is 6.07 Å². The highest BCUT2D eigenvalue weighted by atomic mass is 79.9. The van der Waals surface area contributed by atoms with E-state index in [-0.39, 0.29) is 0 Å². The Hall–Kier alpha value is -1.41. The fourth-order valence-electron chi connectivity index (χ4n) is 1.25. The Bertz CT molecular complexity index is 523. The Morgan fingerprint density at radius 1 is 1.64 bits per heavy atom. The van der Waals surface area contributed by atoms with Crippen LogP contribution in [0.3, 0.4) is 0 Å². The lowest BCUT2D eigenvalue weighted by atomic mass is 10.4. The molecule has 5 heteroatoms. The van der Waals surface area contributed by atoms with Crippen LogP contribution in [-0.4, -0.2) is 14.4 Å². The molecule has 4 nitrogen and oxygen atoms in total. The maximum atomic E-state index is 8.83. The van der Waals surface area contributed by atoms with Crippen molar-refractivity contribution >= 4 is 21.6 Å². The van der Waals surface area contributed by atoms with E-state index in [9.17, 15) is 0 Å². The van der Waals surface area contributed by atoms with Crippen LogP contribution in [0.5, 0.6) is 0 Å². The van der Waals surface area contributed by atoms with E-state index in [1.165, 1.54) is 0 Å². The summed E-state index contributed by atoms with van der Waals surface area (Å²) < 4.78 is 2.50. The summed E-state index contributed by atoms with van der Waals surface area (Å²) >= 11 is 3.35. The lowest BCUT2D eigenvalue weighted by Crippen LogP contribution is -1.94. The summed E-state index contributed by atoms with van der Waals surface area (Å²) in [7, 11) is 0. The summed E-state index contributed by atoms with van der Waals surface area (Å²) in [6.07, 6.45) is 4.28. The molecule has 0 unspecified atom stereocenters. The minimum atomic E-state index is 0.357. The lowest BCUT2D eigenvalue weighted by molar-refractivity contribution is 1.03. The Kier molecular flexibility index (Phi) is 2.22. The van der Waals surface area contributed by atoms with Gasteiger partial charge in [0, 0.05) is 12.4 Å². The molecule has 0 aliphatic carbocycles. The average molecular weight is 251 g/mol. The quantitative estimate of drug-likeness (QED) is 0.778. The highest BCUT2D eigenvalue weighted by Crippen LogP contribution is 2.17. The largest absolute Gasteiger partial charge is 0.274 e. The zero-order valence-corrected chi connectivity index (χ0v) is 9.11. The van der Waals surface area contributed by atoms with Gasteiger partial charge in [0.15, 0.2) is 5.65 Å². The molecule has 0 saturated heterocycles. The molecule has 2 aromatic rings. The number of hydrogen-bond acceptors (Lipinski definition) is 3. The maximum absolute atomic E-state index is 8.83. The molecular formula is C9H7BrN4. The minimum absolute atomic E-state index is 0.357. The summed E-state index contributed by atoms with van der Waals surface area (Å²) in [5.41, 5.74) is 1.70. The van der Waals surface area contributed by atoms with E-state index in [1.807, 2.05) is 19.2 Å². The van der Waals surface area contributed by atoms with Crippen molar-refractivity contribution in [3.05, 3.63) is 28.4 Å². The number of aromatic nitrogens is 3. The molecule has 0 aliphatic rings. The van der Waals surface area contributed by atoms with Crippen molar-refractivity contribution in [2.45, 2.75) is 13.3 Å². The minimum Gasteiger partial charge on any atom is -0.274 e. The van der Waals surface area contributed by atoms with Gasteiger partial charge in [0.05, 0.1) is 10.2 Å². The summed E-state index contributed by atoms with van der Waals surface area (Å²) in [6, 6.07) is 2.03. The van der Waals surface area contributed by atoms with Crippen molar-refractivity contribution < 1.29 is 0 Å². The molecule has 0 saturated carbocycles. The average Bonchev–Trinajstić information content (AvgIpc) is 2.63. The normalized spacial score (nSPS) is 10.4. The zero-order valence-electron chi connectivity index (χ0n) is 7.53. The SMILES string of the molecule is CCc1cn2c(C#N)ncc(Br)c2n1. The van der Waals surface area contributed by atoms with Gasteiger partial charge < -0.3 is 0 Å². The van der Waals surface area contributed by atoms with Crippen LogP contribution >= 0.6 is 15.9 Å². The molecule has 0 spiro atoms. The van der Waals surface area contributed by atoms with E-state index in [4.69, 9.17) is 5.26 Å². The van der Waals surface area contributed by atoms with Gasteiger partial charge in [-0.15, -0.1) is 0 Å². The fourth-order valence-corrected chi connectivity index (χ4v) is 1.63. The van der Waals surface area contributed by atoms with Gasteiger partial charge in [-0.1, -0.05) is 6.92 Å². The molecule has 0 bridgehead atoms. The first-order chi connectivity index (χ1) is 6.76. The number of hydrogen-bond donors (Lipinski definition) is 0. The van der Waals surface area contributed by atoms with Gasteiger partial charge in [0.2, 0.25) is 5.82 Å². The van der Waals surface area contributed by atoms with E-state index in [0.29, 0.717) is 5.82 Å². The van der Waals surface area contributed by atoms with Crippen molar-refractivity contribution in [3.8, 4) is 6.07 Å². The van der Waals surface area contributed by atoms with E-state index >= 15 is 0 Å². The van der Waals surface area contributed by atoms with Gasteiger partial charge in [-0.2, -0.15) is 5.26 Å². The number of aryl methyl sites for hydroxylation is 1. The van der Waals surface area contributed by atoms with Crippen LogP contribution in [0, 0.1) is 11.3 Å². The van der Waals surface area contributed by atoms with Crippen molar-refractivity contribution in [2.75, 3.05) is 0 Å².